The Balaban J connectivity index is 0.00000400. The van der Waals surface area contributed by atoms with Gasteiger partial charge in [-0.25, -0.2) is 0 Å². The second-order valence-electron chi connectivity index (χ2n) is 5.43. The van der Waals surface area contributed by atoms with Gasteiger partial charge in [0.15, 0.2) is 0 Å². The minimum absolute atomic E-state index is 0. The van der Waals surface area contributed by atoms with Gasteiger partial charge in [0.2, 0.25) is 5.91 Å². The monoisotopic (exact) mass is 316 g/mol. The van der Waals surface area contributed by atoms with Crippen LogP contribution in [-0.2, 0) is 17.8 Å². The number of rotatable bonds is 7. The average molecular weight is 317 g/mol. The first-order valence-electron chi connectivity index (χ1n) is 7.48. The van der Waals surface area contributed by atoms with E-state index in [2.05, 4.69) is 24.3 Å². The molecule has 0 aliphatic carbocycles. The molecule has 122 valence electrons. The number of hydrogen-bond donors (Lipinski definition) is 2. The van der Waals surface area contributed by atoms with Gasteiger partial charge in [0.25, 0.3) is 0 Å². The molecule has 0 aliphatic rings. The molecule has 1 aromatic rings. The standard InChI is InChI=1S/C15H28N4O.ClH/c1-6-10(3)14(16)15(20)17-8-9-19-12(5)13(7-2)11(4)18-19;/h10,14H,6-9,16H2,1-5H3,(H,17,20);1H/t10-,14-;/m0./s1. The van der Waals surface area contributed by atoms with Crippen molar-refractivity contribution in [2.75, 3.05) is 6.54 Å². The average Bonchev–Trinajstić information content (AvgIpc) is 2.71. The molecular formula is C15H29ClN4O. The van der Waals surface area contributed by atoms with Crippen LogP contribution >= 0.6 is 12.4 Å². The van der Waals surface area contributed by atoms with Gasteiger partial charge in [0.05, 0.1) is 18.3 Å². The van der Waals surface area contributed by atoms with Crippen LogP contribution in [0.2, 0.25) is 0 Å². The Morgan fingerprint density at radius 2 is 2.00 bits per heavy atom. The zero-order chi connectivity index (χ0) is 15.3. The highest BCUT2D eigenvalue weighted by atomic mass is 35.5. The van der Waals surface area contributed by atoms with Crippen molar-refractivity contribution in [2.24, 2.45) is 11.7 Å². The maximum absolute atomic E-state index is 11.9. The van der Waals surface area contributed by atoms with Crippen molar-refractivity contribution in [2.45, 2.75) is 60.0 Å². The summed E-state index contributed by atoms with van der Waals surface area (Å²) < 4.78 is 1.96. The van der Waals surface area contributed by atoms with Crippen LogP contribution in [0.3, 0.4) is 0 Å². The van der Waals surface area contributed by atoms with Gasteiger partial charge in [-0.2, -0.15) is 5.10 Å². The molecular weight excluding hydrogens is 288 g/mol. The van der Waals surface area contributed by atoms with Crippen molar-refractivity contribution in [3.05, 3.63) is 17.0 Å². The first-order chi connectivity index (χ1) is 9.42. The Hall–Kier alpha value is -1.07. The highest BCUT2D eigenvalue weighted by Gasteiger charge is 2.18. The Morgan fingerprint density at radius 1 is 1.38 bits per heavy atom. The molecule has 0 saturated carbocycles. The molecule has 6 heteroatoms. The smallest absolute Gasteiger partial charge is 0.237 e. The maximum Gasteiger partial charge on any atom is 0.237 e. The third-order valence-electron chi connectivity index (χ3n) is 4.07. The second-order valence-corrected chi connectivity index (χ2v) is 5.43. The number of aryl methyl sites for hydroxylation is 1. The predicted octanol–water partition coefficient (Wildman–Crippen LogP) is 1.97. The highest BCUT2D eigenvalue weighted by molar-refractivity contribution is 5.85. The lowest BCUT2D eigenvalue weighted by Crippen LogP contribution is -2.45. The third-order valence-corrected chi connectivity index (χ3v) is 4.07. The molecule has 0 aliphatic heterocycles. The second kappa shape index (κ2) is 9.05. The van der Waals surface area contributed by atoms with Gasteiger partial charge in [0, 0.05) is 12.2 Å². The zero-order valence-electron chi connectivity index (χ0n) is 13.8. The minimum atomic E-state index is -0.424. The lowest BCUT2D eigenvalue weighted by Gasteiger charge is -2.17. The molecule has 0 bridgehead atoms. The zero-order valence-corrected chi connectivity index (χ0v) is 14.6. The largest absolute Gasteiger partial charge is 0.353 e. The van der Waals surface area contributed by atoms with Gasteiger partial charge < -0.3 is 11.1 Å². The molecule has 1 aromatic heterocycles. The molecule has 2 atom stereocenters. The number of halogens is 1. The Bertz CT molecular complexity index is 459. The first kappa shape index (κ1) is 19.9. The lowest BCUT2D eigenvalue weighted by molar-refractivity contribution is -0.123. The first-order valence-corrected chi connectivity index (χ1v) is 7.48. The fourth-order valence-electron chi connectivity index (χ4n) is 2.38. The fraction of sp³-hybridized carbons (Fsp3) is 0.733. The van der Waals surface area contributed by atoms with E-state index >= 15 is 0 Å². The third kappa shape index (κ3) is 5.00. The molecule has 0 saturated heterocycles. The molecule has 0 radical (unpaired) electrons. The van der Waals surface area contributed by atoms with Crippen molar-refractivity contribution >= 4 is 18.3 Å². The summed E-state index contributed by atoms with van der Waals surface area (Å²) in [6.45, 7) is 11.5. The summed E-state index contributed by atoms with van der Waals surface area (Å²) in [7, 11) is 0. The Morgan fingerprint density at radius 3 is 2.48 bits per heavy atom. The van der Waals surface area contributed by atoms with E-state index in [9.17, 15) is 4.79 Å². The summed E-state index contributed by atoms with van der Waals surface area (Å²) in [6.07, 6.45) is 1.90. The summed E-state index contributed by atoms with van der Waals surface area (Å²) >= 11 is 0. The van der Waals surface area contributed by atoms with Crippen molar-refractivity contribution in [1.82, 2.24) is 15.1 Å². The molecule has 1 rings (SSSR count). The van der Waals surface area contributed by atoms with Crippen molar-refractivity contribution in [3.63, 3.8) is 0 Å². The quantitative estimate of drug-likeness (QED) is 0.808. The summed E-state index contributed by atoms with van der Waals surface area (Å²) in [5.41, 5.74) is 9.46. The van der Waals surface area contributed by atoms with Crippen LogP contribution in [0.25, 0.3) is 0 Å². The molecule has 21 heavy (non-hydrogen) atoms. The predicted molar refractivity (Wildman–Crippen MR) is 88.8 cm³/mol. The van der Waals surface area contributed by atoms with Crippen LogP contribution in [0.1, 0.15) is 44.1 Å². The number of carbonyl (C=O) groups excluding carboxylic acids is 1. The molecule has 3 N–H and O–H groups in total. The minimum Gasteiger partial charge on any atom is -0.353 e. The van der Waals surface area contributed by atoms with Gasteiger partial charge in [0.1, 0.15) is 0 Å². The topological polar surface area (TPSA) is 72.9 Å². The normalized spacial score (nSPS) is 13.4. The molecule has 0 unspecified atom stereocenters. The number of nitrogens with zero attached hydrogens (tertiary/aromatic N) is 2. The van der Waals surface area contributed by atoms with Crippen LogP contribution < -0.4 is 11.1 Å². The number of nitrogens with two attached hydrogens (primary N) is 1. The lowest BCUT2D eigenvalue weighted by atomic mass is 9.99. The van der Waals surface area contributed by atoms with Gasteiger partial charge in [-0.1, -0.05) is 27.2 Å². The highest BCUT2D eigenvalue weighted by Crippen LogP contribution is 2.13. The number of nitrogens with one attached hydrogen (secondary N) is 1. The summed E-state index contributed by atoms with van der Waals surface area (Å²) in [4.78, 5) is 11.9. The van der Waals surface area contributed by atoms with Crippen LogP contribution in [0, 0.1) is 19.8 Å². The van der Waals surface area contributed by atoms with E-state index in [4.69, 9.17) is 5.73 Å². The van der Waals surface area contributed by atoms with Gasteiger partial charge in [-0.3, -0.25) is 9.48 Å². The van der Waals surface area contributed by atoms with E-state index < -0.39 is 6.04 Å². The van der Waals surface area contributed by atoms with Gasteiger partial charge in [-0.15, -0.1) is 12.4 Å². The Kier molecular flexibility index (Phi) is 8.59. The van der Waals surface area contributed by atoms with Crippen LogP contribution in [-0.4, -0.2) is 28.3 Å². The number of aromatic nitrogens is 2. The number of carbonyl (C=O) groups is 1. The van der Waals surface area contributed by atoms with E-state index in [1.54, 1.807) is 0 Å². The van der Waals surface area contributed by atoms with Gasteiger partial charge in [-0.05, 0) is 31.7 Å². The Labute approximate surface area is 134 Å². The molecule has 0 fully saturated rings. The van der Waals surface area contributed by atoms with E-state index in [-0.39, 0.29) is 24.2 Å². The van der Waals surface area contributed by atoms with Gasteiger partial charge >= 0.3 is 0 Å². The number of hydrogen-bond acceptors (Lipinski definition) is 3. The van der Waals surface area contributed by atoms with Crippen molar-refractivity contribution in [3.8, 4) is 0 Å². The van der Waals surface area contributed by atoms with Crippen LogP contribution in [0.4, 0.5) is 0 Å². The summed E-state index contributed by atoms with van der Waals surface area (Å²) in [5, 5.41) is 7.40. The molecule has 1 heterocycles. The van der Waals surface area contributed by atoms with Crippen LogP contribution in [0.15, 0.2) is 0 Å². The SMILES string of the molecule is CCc1c(C)nn(CCNC(=O)[C@@H](N)[C@@H](C)CC)c1C.Cl. The maximum atomic E-state index is 11.9. The van der Waals surface area contributed by atoms with Crippen molar-refractivity contribution < 1.29 is 4.79 Å². The summed E-state index contributed by atoms with van der Waals surface area (Å²) in [6, 6.07) is -0.424. The van der Waals surface area contributed by atoms with Crippen LogP contribution in [0.5, 0.6) is 0 Å². The van der Waals surface area contributed by atoms with E-state index in [1.807, 2.05) is 25.5 Å². The number of amides is 1. The summed E-state index contributed by atoms with van der Waals surface area (Å²) in [5.74, 6) is 0.131. The van der Waals surface area contributed by atoms with Crippen molar-refractivity contribution in [1.29, 1.82) is 0 Å². The van der Waals surface area contributed by atoms with E-state index in [0.717, 1.165) is 18.5 Å². The molecule has 0 aromatic carbocycles. The fourth-order valence-corrected chi connectivity index (χ4v) is 2.38. The molecule has 1 amide bonds. The van der Waals surface area contributed by atoms with E-state index in [0.29, 0.717) is 13.1 Å². The molecule has 5 nitrogen and oxygen atoms in total. The molecule has 0 spiro atoms. The van der Waals surface area contributed by atoms with E-state index in [1.165, 1.54) is 11.3 Å².